The molecule has 2 heterocycles. The topological polar surface area (TPSA) is 17.3 Å². The number of aromatic nitrogens is 2. The Bertz CT molecular complexity index is 1270. The summed E-state index contributed by atoms with van der Waals surface area (Å²) in [6.07, 6.45) is 2.16. The van der Waals surface area contributed by atoms with Crippen LogP contribution in [0.1, 0.15) is 26.3 Å². The zero-order chi connectivity index (χ0) is 17.2. The molecule has 2 heteroatoms. The van der Waals surface area contributed by atoms with Crippen molar-refractivity contribution < 1.29 is 0 Å². The van der Waals surface area contributed by atoms with Gasteiger partial charge in [0.2, 0.25) is 0 Å². The summed E-state index contributed by atoms with van der Waals surface area (Å²) in [6.45, 7) is 6.75. The molecule has 0 unspecified atom stereocenters. The van der Waals surface area contributed by atoms with Gasteiger partial charge >= 0.3 is 0 Å². The van der Waals surface area contributed by atoms with E-state index < -0.39 is 0 Å². The van der Waals surface area contributed by atoms with E-state index in [0.29, 0.717) is 0 Å². The number of benzene rings is 3. The Balaban J connectivity index is 1.92. The molecule has 0 fully saturated rings. The molecule has 0 aliphatic rings. The molecule has 5 aromatic rings. The summed E-state index contributed by atoms with van der Waals surface area (Å²) in [7, 11) is 0. The molecule has 0 bridgehead atoms. The normalized spacial score (nSPS) is 12.6. The van der Waals surface area contributed by atoms with Crippen LogP contribution < -0.4 is 0 Å². The van der Waals surface area contributed by atoms with Crippen molar-refractivity contribution in [2.24, 2.45) is 0 Å². The third-order valence-corrected chi connectivity index (χ3v) is 5.16. The highest BCUT2D eigenvalue weighted by atomic mass is 15.0. The van der Waals surface area contributed by atoms with Crippen LogP contribution >= 0.6 is 0 Å². The Morgan fingerprint density at radius 1 is 0.800 bits per heavy atom. The Hall–Kier alpha value is -2.87. The average Bonchev–Trinajstić information content (AvgIpc) is 2.99. The Labute approximate surface area is 146 Å². The van der Waals surface area contributed by atoms with Crippen molar-refractivity contribution in [3.8, 4) is 0 Å². The number of imidazole rings is 1. The first-order valence-electron chi connectivity index (χ1n) is 8.75. The number of nitrogens with zero attached hydrogens (tertiary/aromatic N) is 2. The number of fused-ring (bicyclic) bond motifs is 7. The first-order chi connectivity index (χ1) is 12.0. The standard InChI is InChI=1S/C23H20N2/c1-23(2,3)16-9-11-20-21(14-16)25-13-12-18-17-7-5-4-6-15(17)8-10-19(18)22(25)24-20/h4-14H,1-3H3. The van der Waals surface area contributed by atoms with Gasteiger partial charge in [0.25, 0.3) is 0 Å². The quantitative estimate of drug-likeness (QED) is 0.315. The maximum atomic E-state index is 4.94. The summed E-state index contributed by atoms with van der Waals surface area (Å²) in [5, 5.41) is 5.02. The second-order valence-electron chi connectivity index (χ2n) is 7.82. The molecule has 0 atom stereocenters. The van der Waals surface area contributed by atoms with Crippen molar-refractivity contribution in [2.45, 2.75) is 26.2 Å². The number of hydrogen-bond acceptors (Lipinski definition) is 1. The summed E-state index contributed by atoms with van der Waals surface area (Å²) in [5.74, 6) is 0. The second-order valence-corrected chi connectivity index (χ2v) is 7.82. The zero-order valence-corrected chi connectivity index (χ0v) is 14.7. The fraction of sp³-hybridized carbons (Fsp3) is 0.174. The van der Waals surface area contributed by atoms with Crippen molar-refractivity contribution in [1.82, 2.24) is 9.38 Å². The molecule has 25 heavy (non-hydrogen) atoms. The molecule has 0 saturated heterocycles. The summed E-state index contributed by atoms with van der Waals surface area (Å²) in [4.78, 5) is 4.94. The first kappa shape index (κ1) is 14.5. The lowest BCUT2D eigenvalue weighted by Gasteiger charge is -2.18. The van der Waals surface area contributed by atoms with Gasteiger partial charge in [-0.15, -0.1) is 0 Å². The summed E-state index contributed by atoms with van der Waals surface area (Å²) >= 11 is 0. The van der Waals surface area contributed by atoms with Gasteiger partial charge in [-0.3, -0.25) is 4.40 Å². The lowest BCUT2D eigenvalue weighted by molar-refractivity contribution is 0.591. The van der Waals surface area contributed by atoms with Crippen LogP contribution in [0, 0.1) is 0 Å². The van der Waals surface area contributed by atoms with Gasteiger partial charge in [-0.2, -0.15) is 0 Å². The fourth-order valence-corrected chi connectivity index (χ4v) is 3.72. The van der Waals surface area contributed by atoms with Crippen LogP contribution in [-0.4, -0.2) is 9.38 Å². The van der Waals surface area contributed by atoms with E-state index in [-0.39, 0.29) is 5.41 Å². The molecule has 0 spiro atoms. The van der Waals surface area contributed by atoms with E-state index >= 15 is 0 Å². The van der Waals surface area contributed by atoms with Gasteiger partial charge in [-0.05, 0) is 51.4 Å². The number of rotatable bonds is 0. The van der Waals surface area contributed by atoms with Crippen LogP contribution in [0.15, 0.2) is 66.9 Å². The molecule has 0 saturated carbocycles. The zero-order valence-electron chi connectivity index (χ0n) is 14.7. The summed E-state index contributed by atoms with van der Waals surface area (Å²) in [6, 6.07) is 21.8. The molecule has 0 aliphatic heterocycles. The predicted molar refractivity (Wildman–Crippen MR) is 106 cm³/mol. The van der Waals surface area contributed by atoms with Crippen molar-refractivity contribution in [2.75, 3.05) is 0 Å². The molecular formula is C23H20N2. The maximum absolute atomic E-state index is 4.94. The van der Waals surface area contributed by atoms with E-state index in [4.69, 9.17) is 4.98 Å². The SMILES string of the molecule is CC(C)(C)c1ccc2nc3c4ccc5ccccc5c4ccn3c2c1. The van der Waals surface area contributed by atoms with Gasteiger partial charge in [0, 0.05) is 11.6 Å². The first-order valence-corrected chi connectivity index (χ1v) is 8.75. The lowest BCUT2D eigenvalue weighted by atomic mass is 9.87. The van der Waals surface area contributed by atoms with E-state index in [0.717, 1.165) is 11.2 Å². The number of hydrogen-bond donors (Lipinski definition) is 0. The summed E-state index contributed by atoms with van der Waals surface area (Å²) < 4.78 is 2.22. The Morgan fingerprint density at radius 2 is 1.64 bits per heavy atom. The molecular weight excluding hydrogens is 304 g/mol. The molecule has 2 nitrogen and oxygen atoms in total. The van der Waals surface area contributed by atoms with Crippen LogP contribution in [0.5, 0.6) is 0 Å². The maximum Gasteiger partial charge on any atom is 0.145 e. The fourth-order valence-electron chi connectivity index (χ4n) is 3.72. The van der Waals surface area contributed by atoms with Crippen molar-refractivity contribution >= 4 is 38.2 Å². The largest absolute Gasteiger partial charge is 0.299 e. The minimum absolute atomic E-state index is 0.130. The van der Waals surface area contributed by atoms with E-state index in [1.165, 1.54) is 32.6 Å². The van der Waals surface area contributed by atoms with E-state index in [2.05, 4.69) is 92.0 Å². The van der Waals surface area contributed by atoms with Crippen molar-refractivity contribution in [3.05, 3.63) is 72.4 Å². The van der Waals surface area contributed by atoms with Crippen LogP contribution in [-0.2, 0) is 5.41 Å². The van der Waals surface area contributed by atoms with Crippen molar-refractivity contribution in [1.29, 1.82) is 0 Å². The van der Waals surface area contributed by atoms with E-state index in [9.17, 15) is 0 Å². The van der Waals surface area contributed by atoms with Gasteiger partial charge in [-0.25, -0.2) is 4.98 Å². The molecule has 0 amide bonds. The van der Waals surface area contributed by atoms with Gasteiger partial charge in [0.1, 0.15) is 5.65 Å². The molecule has 5 rings (SSSR count). The van der Waals surface area contributed by atoms with Gasteiger partial charge in [0.15, 0.2) is 0 Å². The molecule has 2 aromatic heterocycles. The van der Waals surface area contributed by atoms with Gasteiger partial charge in [-0.1, -0.05) is 57.2 Å². The third-order valence-electron chi connectivity index (χ3n) is 5.16. The van der Waals surface area contributed by atoms with Gasteiger partial charge < -0.3 is 0 Å². The van der Waals surface area contributed by atoms with Crippen molar-refractivity contribution in [3.63, 3.8) is 0 Å². The third kappa shape index (κ3) is 2.07. The van der Waals surface area contributed by atoms with Crippen LogP contribution in [0.25, 0.3) is 38.2 Å². The average molecular weight is 324 g/mol. The van der Waals surface area contributed by atoms with Crippen LogP contribution in [0.3, 0.4) is 0 Å². The highest BCUT2D eigenvalue weighted by molar-refractivity contribution is 6.12. The lowest BCUT2D eigenvalue weighted by Crippen LogP contribution is -2.10. The van der Waals surface area contributed by atoms with Crippen LogP contribution in [0.2, 0.25) is 0 Å². The van der Waals surface area contributed by atoms with E-state index in [1.54, 1.807) is 0 Å². The smallest absolute Gasteiger partial charge is 0.145 e. The molecule has 122 valence electrons. The monoisotopic (exact) mass is 324 g/mol. The molecule has 3 aromatic carbocycles. The molecule has 0 N–H and O–H groups in total. The second kappa shape index (κ2) is 4.82. The Morgan fingerprint density at radius 3 is 2.48 bits per heavy atom. The highest BCUT2D eigenvalue weighted by Gasteiger charge is 2.16. The minimum atomic E-state index is 0.130. The highest BCUT2D eigenvalue weighted by Crippen LogP contribution is 2.31. The minimum Gasteiger partial charge on any atom is -0.299 e. The van der Waals surface area contributed by atoms with E-state index in [1.807, 2.05) is 0 Å². The predicted octanol–water partition coefficient (Wildman–Crippen LogP) is 6.09. The molecule has 0 radical (unpaired) electrons. The van der Waals surface area contributed by atoms with Crippen LogP contribution in [0.4, 0.5) is 0 Å². The Kier molecular flexibility index (Phi) is 2.79. The molecule has 0 aliphatic carbocycles. The summed E-state index contributed by atoms with van der Waals surface area (Å²) in [5.41, 5.74) is 4.72. The van der Waals surface area contributed by atoms with Gasteiger partial charge in [0.05, 0.1) is 11.0 Å². The number of pyridine rings is 1.